The van der Waals surface area contributed by atoms with Gasteiger partial charge in [-0.1, -0.05) is 0 Å². The third-order valence-electron chi connectivity index (χ3n) is 4.90. The van der Waals surface area contributed by atoms with Gasteiger partial charge in [-0.25, -0.2) is 4.79 Å². The van der Waals surface area contributed by atoms with E-state index in [-0.39, 0.29) is 28.4 Å². The van der Waals surface area contributed by atoms with Gasteiger partial charge in [0.05, 0.1) is 17.8 Å². The van der Waals surface area contributed by atoms with Crippen molar-refractivity contribution in [2.24, 2.45) is 10.2 Å². The molecule has 0 amide bonds. The predicted molar refractivity (Wildman–Crippen MR) is 117 cm³/mol. The molecule has 0 atom stereocenters. The summed E-state index contributed by atoms with van der Waals surface area (Å²) in [5.41, 5.74) is 2.52. The Labute approximate surface area is 188 Å². The summed E-state index contributed by atoms with van der Waals surface area (Å²) in [5.74, 6) is 0.229. The van der Waals surface area contributed by atoms with Gasteiger partial charge in [0.2, 0.25) is 0 Å². The normalized spacial score (nSPS) is 11.4. The maximum atomic E-state index is 12.2. The van der Waals surface area contributed by atoms with Crippen LogP contribution in [0.4, 0.5) is 11.5 Å². The number of aromatic nitrogens is 6. The number of esters is 1. The van der Waals surface area contributed by atoms with Gasteiger partial charge in [0.15, 0.2) is 16.3 Å². The maximum absolute atomic E-state index is 12.2. The smallest absolute Gasteiger partial charge is 0.352 e. The second-order valence-electron chi connectivity index (χ2n) is 6.78. The van der Waals surface area contributed by atoms with Crippen molar-refractivity contribution in [3.05, 3.63) is 40.0 Å². The molecular formula is C20H12N10O2S. The zero-order chi connectivity index (χ0) is 23.1. The summed E-state index contributed by atoms with van der Waals surface area (Å²) >= 11 is 0.994. The minimum atomic E-state index is -0.500. The molecule has 4 aromatic heterocycles. The molecule has 5 aromatic rings. The highest BCUT2D eigenvalue weighted by molar-refractivity contribution is 7.09. The quantitative estimate of drug-likeness (QED) is 0.314. The lowest BCUT2D eigenvalue weighted by molar-refractivity contribution is 0.0534. The zero-order valence-electron chi connectivity index (χ0n) is 17.2. The number of fused-ring (bicyclic) bond motifs is 4. The summed E-state index contributed by atoms with van der Waals surface area (Å²) in [6, 6.07) is 9.14. The predicted octanol–water partition coefficient (Wildman–Crippen LogP) is 3.86. The molecule has 0 fully saturated rings. The minimum Gasteiger partial charge on any atom is -0.462 e. The van der Waals surface area contributed by atoms with E-state index < -0.39 is 5.97 Å². The fourth-order valence-corrected chi connectivity index (χ4v) is 4.16. The van der Waals surface area contributed by atoms with E-state index in [4.69, 9.17) is 4.74 Å². The van der Waals surface area contributed by atoms with Crippen molar-refractivity contribution in [1.29, 1.82) is 10.5 Å². The molecule has 0 aliphatic rings. The number of nitrogens with one attached hydrogen (secondary N) is 1. The highest BCUT2D eigenvalue weighted by atomic mass is 32.1. The van der Waals surface area contributed by atoms with Gasteiger partial charge in [-0.3, -0.25) is 9.50 Å². The highest BCUT2D eigenvalue weighted by Crippen LogP contribution is 2.33. The molecule has 0 aliphatic heterocycles. The molecule has 5 rings (SSSR count). The Morgan fingerprint density at radius 2 is 2.03 bits per heavy atom. The molecule has 0 saturated carbocycles. The number of carbonyl (C=O) groups is 1. The lowest BCUT2D eigenvalue weighted by atomic mass is 10.2. The third-order valence-corrected chi connectivity index (χ3v) is 5.71. The Bertz CT molecular complexity index is 1700. The van der Waals surface area contributed by atoms with Gasteiger partial charge < -0.3 is 4.74 Å². The van der Waals surface area contributed by atoms with Crippen molar-refractivity contribution >= 4 is 56.6 Å². The molecule has 1 N–H and O–H groups in total. The summed E-state index contributed by atoms with van der Waals surface area (Å²) < 4.78 is 11.0. The van der Waals surface area contributed by atoms with Gasteiger partial charge in [-0.05, 0) is 43.6 Å². The average Bonchev–Trinajstić information content (AvgIpc) is 3.50. The Morgan fingerprint density at radius 3 is 2.79 bits per heavy atom. The first-order valence-electron chi connectivity index (χ1n) is 9.61. The molecule has 13 heteroatoms. The molecule has 160 valence electrons. The van der Waals surface area contributed by atoms with Gasteiger partial charge >= 0.3 is 5.97 Å². The van der Waals surface area contributed by atoms with Crippen molar-refractivity contribution < 1.29 is 9.53 Å². The molecule has 0 aliphatic carbocycles. The third kappa shape index (κ3) is 3.07. The van der Waals surface area contributed by atoms with Crippen molar-refractivity contribution in [2.75, 3.05) is 6.61 Å². The lowest BCUT2D eigenvalue weighted by Gasteiger charge is -2.00. The first kappa shape index (κ1) is 20.2. The van der Waals surface area contributed by atoms with Crippen molar-refractivity contribution in [3.8, 4) is 12.1 Å². The average molecular weight is 456 g/mol. The molecular weight excluding hydrogens is 444 g/mol. The highest BCUT2D eigenvalue weighted by Gasteiger charge is 2.22. The SMILES string of the molecule is CCOC(=O)c1snc2c1nnc1ccc(N=Nc3c(C#N)c(C#N)c4[nH]nc(C)n34)cc12. The van der Waals surface area contributed by atoms with E-state index in [2.05, 4.69) is 35.0 Å². The topological polar surface area (TPSA) is 170 Å². The Hall–Kier alpha value is -4.75. The van der Waals surface area contributed by atoms with Gasteiger partial charge in [-0.2, -0.15) is 20.0 Å². The maximum Gasteiger partial charge on any atom is 0.352 e. The van der Waals surface area contributed by atoms with Crippen molar-refractivity contribution in [3.63, 3.8) is 0 Å². The van der Waals surface area contributed by atoms with Crippen molar-refractivity contribution in [2.45, 2.75) is 13.8 Å². The Balaban J connectivity index is 1.63. The summed E-state index contributed by atoms with van der Waals surface area (Å²) in [5, 5.41) is 43.3. The fourth-order valence-electron chi connectivity index (χ4n) is 3.43. The fraction of sp³-hybridized carbons (Fsp3) is 0.150. The number of nitriles is 2. The number of carbonyl (C=O) groups excluding carboxylic acids is 1. The molecule has 1 aromatic carbocycles. The van der Waals surface area contributed by atoms with Crippen LogP contribution in [-0.2, 0) is 4.74 Å². The molecule has 33 heavy (non-hydrogen) atoms. The largest absolute Gasteiger partial charge is 0.462 e. The number of aryl methyl sites for hydroxylation is 1. The van der Waals surface area contributed by atoms with Crippen LogP contribution in [0.5, 0.6) is 0 Å². The standard InChI is InChI=1S/C20H12N10O2S/c1-3-32-20(31)17-16-15(29-33-17)11-6-10(4-5-14(11)25-26-16)24-28-19-13(8-22)12(7-21)18-27-23-9(2)30(18)19/h4-6,27H,3H2,1-2H3. The monoisotopic (exact) mass is 456 g/mol. The molecule has 0 spiro atoms. The van der Waals surface area contributed by atoms with Gasteiger partial charge in [-0.15, -0.1) is 20.4 Å². The van der Waals surface area contributed by atoms with Crippen LogP contribution in [0.3, 0.4) is 0 Å². The summed E-state index contributed by atoms with van der Waals surface area (Å²) in [6.07, 6.45) is 0. The Morgan fingerprint density at radius 1 is 1.21 bits per heavy atom. The summed E-state index contributed by atoms with van der Waals surface area (Å²) in [7, 11) is 0. The number of azo groups is 1. The van der Waals surface area contributed by atoms with Crippen LogP contribution in [0, 0.1) is 29.6 Å². The number of ether oxygens (including phenoxy) is 1. The number of hydrogen-bond acceptors (Lipinski definition) is 11. The number of aromatic amines is 1. The number of rotatable bonds is 4. The summed E-state index contributed by atoms with van der Waals surface area (Å²) in [6.45, 7) is 3.69. The van der Waals surface area contributed by atoms with E-state index in [0.29, 0.717) is 39.1 Å². The lowest BCUT2D eigenvalue weighted by Crippen LogP contribution is -2.03. The number of benzene rings is 1. The minimum absolute atomic E-state index is 0.102. The number of hydrogen-bond donors (Lipinski definition) is 1. The van der Waals surface area contributed by atoms with Crippen LogP contribution in [0.1, 0.15) is 33.5 Å². The summed E-state index contributed by atoms with van der Waals surface area (Å²) in [4.78, 5) is 12.4. The first-order valence-corrected chi connectivity index (χ1v) is 10.4. The van der Waals surface area contributed by atoms with E-state index in [1.165, 1.54) is 0 Å². The molecule has 4 heterocycles. The number of nitrogens with zero attached hydrogens (tertiary/aromatic N) is 9. The molecule has 0 unspecified atom stereocenters. The number of H-pyrrole nitrogens is 1. The molecule has 0 radical (unpaired) electrons. The van der Waals surface area contributed by atoms with Gasteiger partial charge in [0.25, 0.3) is 0 Å². The van der Waals surface area contributed by atoms with Crippen molar-refractivity contribution in [1.82, 2.24) is 29.2 Å². The van der Waals surface area contributed by atoms with E-state index >= 15 is 0 Å². The van der Waals surface area contributed by atoms with Crippen LogP contribution in [-0.4, -0.2) is 41.7 Å². The molecule has 0 saturated heterocycles. The van der Waals surface area contributed by atoms with E-state index in [1.807, 2.05) is 12.1 Å². The molecule has 12 nitrogen and oxygen atoms in total. The van der Waals surface area contributed by atoms with Crippen LogP contribution in [0.2, 0.25) is 0 Å². The van der Waals surface area contributed by atoms with E-state index in [9.17, 15) is 15.3 Å². The van der Waals surface area contributed by atoms with Gasteiger partial charge in [0.1, 0.15) is 40.1 Å². The van der Waals surface area contributed by atoms with Gasteiger partial charge in [0, 0.05) is 5.39 Å². The van der Waals surface area contributed by atoms with Crippen LogP contribution >= 0.6 is 11.5 Å². The molecule has 0 bridgehead atoms. The second kappa shape index (κ2) is 7.74. The zero-order valence-corrected chi connectivity index (χ0v) is 18.0. The van der Waals surface area contributed by atoms with Crippen LogP contribution < -0.4 is 0 Å². The van der Waals surface area contributed by atoms with Crippen LogP contribution in [0.25, 0.3) is 27.6 Å². The second-order valence-corrected chi connectivity index (χ2v) is 7.56. The van der Waals surface area contributed by atoms with E-state index in [0.717, 1.165) is 11.5 Å². The Kier molecular flexibility index (Phi) is 4.73. The van der Waals surface area contributed by atoms with E-state index in [1.54, 1.807) is 36.4 Å². The first-order chi connectivity index (χ1) is 16.1. The van der Waals surface area contributed by atoms with Crippen LogP contribution in [0.15, 0.2) is 28.4 Å².